The Bertz CT molecular complexity index is 779. The number of nitrogens with zero attached hydrogens (tertiary/aromatic N) is 1. The molecule has 1 aromatic rings. The van der Waals surface area contributed by atoms with Gasteiger partial charge in [0.25, 0.3) is 5.91 Å². The Morgan fingerprint density at radius 1 is 1.00 bits per heavy atom. The summed E-state index contributed by atoms with van der Waals surface area (Å²) >= 11 is 0. The number of anilines is 1. The lowest BCUT2D eigenvalue weighted by atomic mass is 9.88. The normalized spacial score (nSPS) is 21.0. The fourth-order valence-electron chi connectivity index (χ4n) is 4.50. The Hall–Kier alpha value is -2.48. The highest BCUT2D eigenvalue weighted by Gasteiger charge is 2.24. The zero-order valence-corrected chi connectivity index (χ0v) is 19.6. The second kappa shape index (κ2) is 11.9. The first kappa shape index (κ1) is 24.2. The summed E-state index contributed by atoms with van der Waals surface area (Å²) in [6.45, 7) is 4.53. The van der Waals surface area contributed by atoms with Crippen molar-refractivity contribution >= 4 is 17.6 Å². The Balaban J connectivity index is 1.62. The molecule has 1 heterocycles. The lowest BCUT2D eigenvalue weighted by Gasteiger charge is -2.28. The second-order valence-corrected chi connectivity index (χ2v) is 8.66. The average Bonchev–Trinajstić information content (AvgIpc) is 2.82. The molecule has 178 valence electrons. The van der Waals surface area contributed by atoms with E-state index in [1.807, 2.05) is 4.90 Å². The molecule has 0 radical (unpaired) electrons. The van der Waals surface area contributed by atoms with Crippen LogP contribution >= 0.6 is 0 Å². The third-order valence-electron chi connectivity index (χ3n) is 6.40. The third kappa shape index (κ3) is 6.28. The molecule has 8 nitrogen and oxygen atoms in total. The summed E-state index contributed by atoms with van der Waals surface area (Å²) < 4.78 is 16.7. The molecule has 2 atom stereocenters. The molecule has 1 aliphatic heterocycles. The van der Waals surface area contributed by atoms with Crippen LogP contribution in [0.2, 0.25) is 0 Å². The zero-order chi connectivity index (χ0) is 22.9. The quantitative estimate of drug-likeness (QED) is 0.587. The van der Waals surface area contributed by atoms with Gasteiger partial charge in [-0.3, -0.25) is 4.79 Å². The minimum absolute atomic E-state index is 0.115. The molecule has 0 spiro atoms. The van der Waals surface area contributed by atoms with Crippen LogP contribution in [0, 0.1) is 5.92 Å². The lowest BCUT2D eigenvalue weighted by molar-refractivity contribution is -0.00232. The Morgan fingerprint density at radius 3 is 2.38 bits per heavy atom. The van der Waals surface area contributed by atoms with Crippen LogP contribution in [0.25, 0.3) is 0 Å². The van der Waals surface area contributed by atoms with Crippen molar-refractivity contribution in [2.45, 2.75) is 58.0 Å². The topological polar surface area (TPSA) is 89.1 Å². The Kier molecular flexibility index (Phi) is 9.02. The van der Waals surface area contributed by atoms with Gasteiger partial charge in [0.1, 0.15) is 0 Å². The largest absolute Gasteiger partial charge is 0.493 e. The van der Waals surface area contributed by atoms with E-state index >= 15 is 0 Å². The summed E-state index contributed by atoms with van der Waals surface area (Å²) in [6, 6.07) is 2.89. The van der Waals surface area contributed by atoms with E-state index in [4.69, 9.17) is 14.2 Å². The lowest BCUT2D eigenvalue weighted by Crippen LogP contribution is -2.37. The van der Waals surface area contributed by atoms with Crippen LogP contribution in [0.4, 0.5) is 10.5 Å². The number of hydrogen-bond donors (Lipinski definition) is 2. The van der Waals surface area contributed by atoms with Gasteiger partial charge in [-0.15, -0.1) is 0 Å². The Labute approximate surface area is 191 Å². The number of rotatable bonds is 8. The van der Waals surface area contributed by atoms with Gasteiger partial charge in [-0.1, -0.05) is 19.8 Å². The van der Waals surface area contributed by atoms with Gasteiger partial charge in [-0.2, -0.15) is 0 Å². The number of ether oxygens (including phenoxy) is 3. The standard InChI is InChI=1S/C24H37N3O5/c1-17-9-5-6-10-20(17)32-14-11-25-24(29)26-19-16-22(31-3)21(30-2)15-18(19)23(28)27-12-7-4-8-13-27/h15-17,20H,4-14H2,1-3H3,(H2,25,26,29). The van der Waals surface area contributed by atoms with E-state index in [0.29, 0.717) is 41.8 Å². The molecule has 2 fully saturated rings. The van der Waals surface area contributed by atoms with Crippen molar-refractivity contribution in [3.63, 3.8) is 0 Å². The molecule has 0 aromatic heterocycles. The van der Waals surface area contributed by atoms with Crippen LogP contribution < -0.4 is 20.1 Å². The fraction of sp³-hybridized carbons (Fsp3) is 0.667. The van der Waals surface area contributed by atoms with Crippen molar-refractivity contribution in [1.29, 1.82) is 0 Å². The first-order chi connectivity index (χ1) is 15.5. The first-order valence-electron chi connectivity index (χ1n) is 11.7. The predicted octanol–water partition coefficient (Wildman–Crippen LogP) is 4.05. The molecule has 2 N–H and O–H groups in total. The molecule has 32 heavy (non-hydrogen) atoms. The molecule has 1 aromatic carbocycles. The number of carbonyl (C=O) groups excluding carboxylic acids is 2. The smallest absolute Gasteiger partial charge is 0.319 e. The summed E-state index contributed by atoms with van der Waals surface area (Å²) in [5, 5.41) is 5.64. The van der Waals surface area contributed by atoms with Crippen LogP contribution in [-0.4, -0.2) is 63.4 Å². The molecule has 0 bridgehead atoms. The molecular weight excluding hydrogens is 410 g/mol. The van der Waals surface area contributed by atoms with Gasteiger partial charge in [0.2, 0.25) is 0 Å². The van der Waals surface area contributed by atoms with Crippen LogP contribution in [0.5, 0.6) is 11.5 Å². The van der Waals surface area contributed by atoms with E-state index in [1.54, 1.807) is 12.1 Å². The molecule has 3 rings (SSSR count). The monoisotopic (exact) mass is 447 g/mol. The predicted molar refractivity (Wildman–Crippen MR) is 124 cm³/mol. The highest BCUT2D eigenvalue weighted by atomic mass is 16.5. The maximum Gasteiger partial charge on any atom is 0.319 e. The van der Waals surface area contributed by atoms with Gasteiger partial charge >= 0.3 is 6.03 Å². The summed E-state index contributed by atoms with van der Waals surface area (Å²) in [4.78, 5) is 27.6. The van der Waals surface area contributed by atoms with E-state index in [2.05, 4.69) is 17.6 Å². The number of methoxy groups -OCH3 is 2. The number of likely N-dealkylation sites (tertiary alicyclic amines) is 1. The van der Waals surface area contributed by atoms with E-state index in [0.717, 1.165) is 38.8 Å². The van der Waals surface area contributed by atoms with Crippen molar-refractivity contribution in [2.75, 3.05) is 45.8 Å². The third-order valence-corrected chi connectivity index (χ3v) is 6.40. The van der Waals surface area contributed by atoms with Gasteiger partial charge < -0.3 is 29.7 Å². The van der Waals surface area contributed by atoms with Gasteiger partial charge in [0.15, 0.2) is 11.5 Å². The van der Waals surface area contributed by atoms with Crippen LogP contribution in [0.15, 0.2) is 12.1 Å². The molecule has 1 saturated carbocycles. The van der Waals surface area contributed by atoms with E-state index in [-0.39, 0.29) is 18.0 Å². The molecular formula is C24H37N3O5. The van der Waals surface area contributed by atoms with Crippen molar-refractivity contribution in [1.82, 2.24) is 10.2 Å². The van der Waals surface area contributed by atoms with E-state index < -0.39 is 0 Å². The van der Waals surface area contributed by atoms with E-state index in [9.17, 15) is 9.59 Å². The number of nitrogens with one attached hydrogen (secondary N) is 2. The molecule has 8 heteroatoms. The van der Waals surface area contributed by atoms with E-state index in [1.165, 1.54) is 33.5 Å². The average molecular weight is 448 g/mol. The highest BCUT2D eigenvalue weighted by molar-refractivity contribution is 6.04. The number of hydrogen-bond acceptors (Lipinski definition) is 5. The number of amides is 3. The van der Waals surface area contributed by atoms with Gasteiger partial charge in [0, 0.05) is 25.7 Å². The summed E-state index contributed by atoms with van der Waals surface area (Å²) in [6.07, 6.45) is 8.14. The van der Waals surface area contributed by atoms with Gasteiger partial charge in [0.05, 0.1) is 38.2 Å². The van der Waals surface area contributed by atoms with Crippen molar-refractivity contribution in [3.05, 3.63) is 17.7 Å². The zero-order valence-electron chi connectivity index (χ0n) is 19.6. The number of benzene rings is 1. The summed E-state index contributed by atoms with van der Waals surface area (Å²) in [7, 11) is 3.05. The maximum atomic E-state index is 13.2. The SMILES string of the molecule is COc1cc(NC(=O)NCCOC2CCCCC2C)c(C(=O)N2CCCCC2)cc1OC. The van der Waals surface area contributed by atoms with Gasteiger partial charge in [-0.25, -0.2) is 4.79 Å². The van der Waals surface area contributed by atoms with Gasteiger partial charge in [-0.05, 0) is 44.1 Å². The van der Waals surface area contributed by atoms with Crippen molar-refractivity contribution in [3.8, 4) is 11.5 Å². The molecule has 1 saturated heterocycles. The molecule has 3 amide bonds. The molecule has 2 unspecified atom stereocenters. The number of carbonyl (C=O) groups is 2. The van der Waals surface area contributed by atoms with Crippen molar-refractivity contribution in [2.24, 2.45) is 5.92 Å². The fourth-order valence-corrected chi connectivity index (χ4v) is 4.50. The molecule has 2 aliphatic rings. The van der Waals surface area contributed by atoms with Crippen molar-refractivity contribution < 1.29 is 23.8 Å². The summed E-state index contributed by atoms with van der Waals surface area (Å²) in [5.41, 5.74) is 0.796. The Morgan fingerprint density at radius 2 is 1.69 bits per heavy atom. The maximum absolute atomic E-state index is 13.2. The number of piperidine rings is 1. The first-order valence-corrected chi connectivity index (χ1v) is 11.7. The van der Waals surface area contributed by atoms with Crippen LogP contribution in [0.3, 0.4) is 0 Å². The summed E-state index contributed by atoms with van der Waals surface area (Å²) in [5.74, 6) is 1.35. The minimum atomic E-state index is -0.384. The van der Waals surface area contributed by atoms with Crippen LogP contribution in [0.1, 0.15) is 62.2 Å². The number of urea groups is 1. The van der Waals surface area contributed by atoms with Crippen LogP contribution in [-0.2, 0) is 4.74 Å². The second-order valence-electron chi connectivity index (χ2n) is 8.66. The molecule has 1 aliphatic carbocycles. The highest BCUT2D eigenvalue weighted by Crippen LogP contribution is 2.34. The minimum Gasteiger partial charge on any atom is -0.493 e.